The average Bonchev–Trinajstić information content (AvgIpc) is 2.51. The topological polar surface area (TPSA) is 50.9 Å². The van der Waals surface area contributed by atoms with Gasteiger partial charge in [0.15, 0.2) is 0 Å². The molecule has 0 aliphatic heterocycles. The molecule has 1 aromatic carbocycles. The van der Waals surface area contributed by atoms with Crippen LogP contribution in [-0.2, 0) is 6.42 Å². The fourth-order valence-corrected chi connectivity index (χ4v) is 3.69. The molecule has 1 aromatic heterocycles. The van der Waals surface area contributed by atoms with Crippen molar-refractivity contribution in [3.05, 3.63) is 64.5 Å². The molecule has 0 radical (unpaired) electrons. The number of hydrazine groups is 1. The number of aryl methyl sites for hydroxylation is 3. The number of pyridine rings is 1. The fraction of sp³-hybridized carbons (Fsp3) is 0.389. The van der Waals surface area contributed by atoms with E-state index < -0.39 is 0 Å². The summed E-state index contributed by atoms with van der Waals surface area (Å²) >= 11 is 0. The maximum absolute atomic E-state index is 5.95. The Morgan fingerprint density at radius 2 is 1.95 bits per heavy atom. The van der Waals surface area contributed by atoms with E-state index >= 15 is 0 Å². The number of nitrogens with zero attached hydrogens (tertiary/aromatic N) is 1. The van der Waals surface area contributed by atoms with Gasteiger partial charge in [0, 0.05) is 17.8 Å². The van der Waals surface area contributed by atoms with Gasteiger partial charge in [0.25, 0.3) is 0 Å². The van der Waals surface area contributed by atoms with Crippen LogP contribution in [0, 0.1) is 13.8 Å². The van der Waals surface area contributed by atoms with E-state index in [1.54, 1.807) is 0 Å². The quantitative estimate of drug-likeness (QED) is 0.670. The van der Waals surface area contributed by atoms with Crippen molar-refractivity contribution in [1.82, 2.24) is 10.4 Å². The van der Waals surface area contributed by atoms with Gasteiger partial charge >= 0.3 is 0 Å². The lowest BCUT2D eigenvalue weighted by atomic mass is 9.78. The summed E-state index contributed by atoms with van der Waals surface area (Å²) in [6, 6.07) is 10.8. The Morgan fingerprint density at radius 1 is 1.19 bits per heavy atom. The second kappa shape index (κ2) is 5.96. The molecule has 1 aliphatic rings. The summed E-state index contributed by atoms with van der Waals surface area (Å²) in [6.45, 7) is 4.32. The van der Waals surface area contributed by atoms with E-state index in [9.17, 15) is 0 Å². The molecule has 110 valence electrons. The van der Waals surface area contributed by atoms with Crippen molar-refractivity contribution in [2.45, 2.75) is 45.1 Å². The lowest BCUT2D eigenvalue weighted by Gasteiger charge is -2.33. The van der Waals surface area contributed by atoms with E-state index in [1.165, 1.54) is 34.4 Å². The highest BCUT2D eigenvalue weighted by Crippen LogP contribution is 2.40. The number of hydrogen-bond acceptors (Lipinski definition) is 3. The first-order chi connectivity index (χ1) is 10.2. The highest BCUT2D eigenvalue weighted by atomic mass is 15.2. The summed E-state index contributed by atoms with van der Waals surface area (Å²) in [6.07, 6.45) is 5.36. The van der Waals surface area contributed by atoms with Gasteiger partial charge in [-0.2, -0.15) is 0 Å². The Morgan fingerprint density at radius 3 is 2.67 bits per heavy atom. The number of aromatic nitrogens is 1. The minimum Gasteiger partial charge on any atom is -0.271 e. The second-order valence-corrected chi connectivity index (χ2v) is 6.00. The third-order valence-corrected chi connectivity index (χ3v) is 4.67. The summed E-state index contributed by atoms with van der Waals surface area (Å²) in [5.41, 5.74) is 9.57. The smallest absolute Gasteiger partial charge is 0.0548 e. The van der Waals surface area contributed by atoms with Gasteiger partial charge in [0.2, 0.25) is 0 Å². The van der Waals surface area contributed by atoms with Gasteiger partial charge in [-0.05, 0) is 61.4 Å². The predicted octanol–water partition coefficient (Wildman–Crippen LogP) is 3.32. The Hall–Kier alpha value is -1.71. The van der Waals surface area contributed by atoms with Crippen LogP contribution in [0.5, 0.6) is 0 Å². The molecule has 3 heteroatoms. The number of hydrogen-bond donors (Lipinski definition) is 2. The summed E-state index contributed by atoms with van der Waals surface area (Å²) in [5.74, 6) is 6.30. The first-order valence-electron chi connectivity index (χ1n) is 7.68. The van der Waals surface area contributed by atoms with Crippen molar-refractivity contribution < 1.29 is 0 Å². The molecule has 0 fully saturated rings. The predicted molar refractivity (Wildman–Crippen MR) is 85.9 cm³/mol. The highest BCUT2D eigenvalue weighted by molar-refractivity contribution is 5.39. The van der Waals surface area contributed by atoms with Gasteiger partial charge < -0.3 is 0 Å². The van der Waals surface area contributed by atoms with E-state index in [-0.39, 0.29) is 6.04 Å². The standard InChI is InChI=1S/C18H23N3/c1-12-6-3-7-13(2)16(12)18(21-19)15-10-4-8-14-9-5-11-20-17(14)15/h3,5-7,9,11,15,18,21H,4,8,10,19H2,1-2H3. The fourth-order valence-electron chi connectivity index (χ4n) is 3.69. The van der Waals surface area contributed by atoms with Gasteiger partial charge in [-0.25, -0.2) is 0 Å². The average molecular weight is 281 g/mol. The molecule has 2 atom stereocenters. The third-order valence-electron chi connectivity index (χ3n) is 4.67. The zero-order valence-corrected chi connectivity index (χ0v) is 12.8. The summed E-state index contributed by atoms with van der Waals surface area (Å²) in [4.78, 5) is 4.66. The minimum absolute atomic E-state index is 0.125. The molecule has 3 nitrogen and oxygen atoms in total. The molecular formula is C18H23N3. The van der Waals surface area contributed by atoms with Crippen LogP contribution in [-0.4, -0.2) is 4.98 Å². The van der Waals surface area contributed by atoms with Crippen LogP contribution in [0.1, 0.15) is 52.7 Å². The number of benzene rings is 1. The van der Waals surface area contributed by atoms with Crippen LogP contribution in [0.3, 0.4) is 0 Å². The molecule has 0 saturated heterocycles. The van der Waals surface area contributed by atoms with Gasteiger partial charge in [0.05, 0.1) is 6.04 Å². The Bertz CT molecular complexity index is 616. The number of nitrogens with two attached hydrogens (primary N) is 1. The van der Waals surface area contributed by atoms with E-state index in [2.05, 4.69) is 48.5 Å². The first-order valence-corrected chi connectivity index (χ1v) is 7.68. The molecule has 2 unspecified atom stereocenters. The van der Waals surface area contributed by atoms with E-state index in [4.69, 9.17) is 5.84 Å². The molecule has 0 amide bonds. The van der Waals surface area contributed by atoms with Crippen molar-refractivity contribution in [1.29, 1.82) is 0 Å². The molecule has 2 aromatic rings. The number of nitrogens with one attached hydrogen (secondary N) is 1. The lowest BCUT2D eigenvalue weighted by Crippen LogP contribution is -2.35. The third kappa shape index (κ3) is 2.59. The molecule has 3 N–H and O–H groups in total. The zero-order chi connectivity index (χ0) is 14.8. The minimum atomic E-state index is 0.125. The van der Waals surface area contributed by atoms with Crippen LogP contribution >= 0.6 is 0 Å². The molecule has 0 bridgehead atoms. The van der Waals surface area contributed by atoms with Crippen molar-refractivity contribution in [3.63, 3.8) is 0 Å². The van der Waals surface area contributed by atoms with Crippen LogP contribution in [0.25, 0.3) is 0 Å². The van der Waals surface area contributed by atoms with Gasteiger partial charge in [0.1, 0.15) is 0 Å². The van der Waals surface area contributed by atoms with Crippen molar-refractivity contribution in [2.75, 3.05) is 0 Å². The monoisotopic (exact) mass is 281 g/mol. The largest absolute Gasteiger partial charge is 0.271 e. The summed E-state index contributed by atoms with van der Waals surface area (Å²) in [5, 5.41) is 0. The van der Waals surface area contributed by atoms with E-state index in [0.717, 1.165) is 12.8 Å². The van der Waals surface area contributed by atoms with Gasteiger partial charge in [-0.1, -0.05) is 24.3 Å². The normalized spacial score (nSPS) is 19.1. The molecule has 1 aliphatic carbocycles. The van der Waals surface area contributed by atoms with Crippen LogP contribution in [0.15, 0.2) is 36.5 Å². The molecule has 3 rings (SSSR count). The van der Waals surface area contributed by atoms with E-state index in [1.807, 2.05) is 12.3 Å². The van der Waals surface area contributed by atoms with Crippen LogP contribution < -0.4 is 11.3 Å². The van der Waals surface area contributed by atoms with Crippen molar-refractivity contribution in [2.24, 2.45) is 5.84 Å². The van der Waals surface area contributed by atoms with Gasteiger partial charge in [-0.3, -0.25) is 16.3 Å². The van der Waals surface area contributed by atoms with Gasteiger partial charge in [-0.15, -0.1) is 0 Å². The van der Waals surface area contributed by atoms with Crippen LogP contribution in [0.2, 0.25) is 0 Å². The zero-order valence-electron chi connectivity index (χ0n) is 12.8. The van der Waals surface area contributed by atoms with Crippen molar-refractivity contribution in [3.8, 4) is 0 Å². The maximum atomic E-state index is 5.95. The second-order valence-electron chi connectivity index (χ2n) is 6.00. The molecule has 21 heavy (non-hydrogen) atoms. The van der Waals surface area contributed by atoms with E-state index in [0.29, 0.717) is 5.92 Å². The lowest BCUT2D eigenvalue weighted by molar-refractivity contribution is 0.397. The molecule has 1 heterocycles. The van der Waals surface area contributed by atoms with Crippen LogP contribution in [0.4, 0.5) is 0 Å². The van der Waals surface area contributed by atoms with Crippen molar-refractivity contribution >= 4 is 0 Å². The Labute approximate surface area is 126 Å². The highest BCUT2D eigenvalue weighted by Gasteiger charge is 2.30. The summed E-state index contributed by atoms with van der Waals surface area (Å²) < 4.78 is 0. The Balaban J connectivity index is 2.06. The molecular weight excluding hydrogens is 258 g/mol. The number of fused-ring (bicyclic) bond motifs is 1. The summed E-state index contributed by atoms with van der Waals surface area (Å²) in [7, 11) is 0. The first kappa shape index (κ1) is 14.2. The maximum Gasteiger partial charge on any atom is 0.0548 e. The molecule has 0 saturated carbocycles. The molecule has 0 spiro atoms. The Kier molecular flexibility index (Phi) is 4.04. The SMILES string of the molecule is Cc1cccc(C)c1C(NN)C1CCCc2cccnc21. The number of rotatable bonds is 3.